The topological polar surface area (TPSA) is 81.4 Å². The molecular weight excluding hydrogens is 244 g/mol. The van der Waals surface area contributed by atoms with E-state index in [9.17, 15) is 9.59 Å². The van der Waals surface area contributed by atoms with Crippen LogP contribution in [0.2, 0.25) is 0 Å². The highest BCUT2D eigenvalue weighted by molar-refractivity contribution is 5.79. The first-order chi connectivity index (χ1) is 9.04. The first-order valence-corrected chi connectivity index (χ1v) is 7.17. The van der Waals surface area contributed by atoms with Crippen molar-refractivity contribution in [3.63, 3.8) is 0 Å². The second-order valence-electron chi connectivity index (χ2n) is 4.84. The van der Waals surface area contributed by atoms with Crippen molar-refractivity contribution in [2.75, 3.05) is 7.11 Å². The van der Waals surface area contributed by atoms with Crippen LogP contribution in [0, 0.1) is 0 Å². The molecule has 0 unspecified atom stereocenters. The maximum Gasteiger partial charge on any atom is 0.305 e. The van der Waals surface area contributed by atoms with Gasteiger partial charge in [0.15, 0.2) is 0 Å². The molecule has 0 heterocycles. The van der Waals surface area contributed by atoms with E-state index in [1.54, 1.807) is 0 Å². The van der Waals surface area contributed by atoms with Gasteiger partial charge in [0.1, 0.15) is 0 Å². The Bertz CT molecular complexity index is 269. The molecule has 0 aliphatic heterocycles. The molecule has 0 spiro atoms. The van der Waals surface area contributed by atoms with Crippen molar-refractivity contribution in [3.05, 3.63) is 0 Å². The molecule has 0 bridgehead atoms. The number of methoxy groups -OCH3 is 1. The van der Waals surface area contributed by atoms with Crippen molar-refractivity contribution in [2.24, 2.45) is 5.73 Å². The quantitative estimate of drug-likeness (QED) is 0.443. The molecule has 0 saturated carbocycles. The maximum atomic E-state index is 11.3. The summed E-state index contributed by atoms with van der Waals surface area (Å²) in [5, 5.41) is 3.26. The Kier molecular flexibility index (Phi) is 10.2. The van der Waals surface area contributed by atoms with Gasteiger partial charge in [-0.15, -0.1) is 0 Å². The Morgan fingerprint density at radius 1 is 1.21 bits per heavy atom. The molecule has 0 saturated heterocycles. The number of amides is 1. The minimum atomic E-state index is -0.332. The van der Waals surface area contributed by atoms with E-state index in [1.807, 2.05) is 6.92 Å². The molecule has 0 aromatic heterocycles. The molecule has 0 radical (unpaired) electrons. The number of hydrogen-bond donors (Lipinski definition) is 2. The highest BCUT2D eigenvalue weighted by Crippen LogP contribution is 2.11. The first kappa shape index (κ1) is 17.9. The number of hydrogen-bond acceptors (Lipinski definition) is 4. The number of unbranched alkanes of at least 4 members (excludes halogenated alkanes) is 2. The van der Waals surface area contributed by atoms with Gasteiger partial charge in [-0.05, 0) is 19.3 Å². The molecule has 0 aliphatic carbocycles. The Morgan fingerprint density at radius 2 is 1.89 bits per heavy atom. The van der Waals surface area contributed by atoms with Crippen molar-refractivity contribution in [1.29, 1.82) is 0 Å². The van der Waals surface area contributed by atoms with Crippen LogP contribution in [0.25, 0.3) is 0 Å². The maximum absolute atomic E-state index is 11.3. The smallest absolute Gasteiger partial charge is 0.305 e. The van der Waals surface area contributed by atoms with E-state index in [0.717, 1.165) is 25.7 Å². The lowest BCUT2D eigenvalue weighted by atomic mass is 10.0. The summed E-state index contributed by atoms with van der Waals surface area (Å²) in [7, 11) is 1.39. The standard InChI is InChI=1S/C14H28N2O3/c1-4-6-7-8-11(9-10-13(17)19-3)16-12(5-2)14(15)18/h11-12,16H,4-10H2,1-3H3,(H2,15,18)/t11-,12-/m0/s1. The Morgan fingerprint density at radius 3 is 2.37 bits per heavy atom. The zero-order chi connectivity index (χ0) is 14.7. The van der Waals surface area contributed by atoms with Crippen LogP contribution in [0.3, 0.4) is 0 Å². The molecule has 5 heteroatoms. The third kappa shape index (κ3) is 8.59. The van der Waals surface area contributed by atoms with Crippen LogP contribution < -0.4 is 11.1 Å². The average molecular weight is 272 g/mol. The van der Waals surface area contributed by atoms with Crippen LogP contribution >= 0.6 is 0 Å². The highest BCUT2D eigenvalue weighted by Gasteiger charge is 2.18. The number of nitrogens with one attached hydrogen (secondary N) is 1. The van der Waals surface area contributed by atoms with Crippen LogP contribution in [0.1, 0.15) is 58.8 Å². The van der Waals surface area contributed by atoms with Crippen LogP contribution in [0.4, 0.5) is 0 Å². The molecule has 0 aromatic carbocycles. The molecule has 112 valence electrons. The summed E-state index contributed by atoms with van der Waals surface area (Å²) in [6.45, 7) is 4.07. The molecular formula is C14H28N2O3. The van der Waals surface area contributed by atoms with Crippen molar-refractivity contribution < 1.29 is 14.3 Å². The minimum Gasteiger partial charge on any atom is -0.469 e. The van der Waals surface area contributed by atoms with Crippen molar-refractivity contribution in [1.82, 2.24) is 5.32 Å². The Hall–Kier alpha value is -1.10. The summed E-state index contributed by atoms with van der Waals surface area (Å²) < 4.78 is 4.65. The largest absolute Gasteiger partial charge is 0.469 e. The lowest BCUT2D eigenvalue weighted by molar-refractivity contribution is -0.140. The molecule has 3 N–H and O–H groups in total. The monoisotopic (exact) mass is 272 g/mol. The van der Waals surface area contributed by atoms with Crippen LogP contribution in [-0.2, 0) is 14.3 Å². The predicted molar refractivity (Wildman–Crippen MR) is 75.6 cm³/mol. The van der Waals surface area contributed by atoms with Gasteiger partial charge in [-0.25, -0.2) is 0 Å². The van der Waals surface area contributed by atoms with E-state index in [2.05, 4.69) is 17.0 Å². The van der Waals surface area contributed by atoms with Gasteiger partial charge in [0.25, 0.3) is 0 Å². The van der Waals surface area contributed by atoms with E-state index in [-0.39, 0.29) is 24.0 Å². The van der Waals surface area contributed by atoms with Gasteiger partial charge in [-0.1, -0.05) is 33.1 Å². The number of primary amides is 1. The Labute approximate surface area is 116 Å². The number of nitrogens with two attached hydrogens (primary N) is 1. The average Bonchev–Trinajstić information content (AvgIpc) is 2.40. The molecule has 1 amide bonds. The van der Waals surface area contributed by atoms with E-state index < -0.39 is 0 Å². The SMILES string of the molecule is CCCCC[C@@H](CCC(=O)OC)N[C@@H](CC)C(N)=O. The molecule has 5 nitrogen and oxygen atoms in total. The highest BCUT2D eigenvalue weighted by atomic mass is 16.5. The molecule has 19 heavy (non-hydrogen) atoms. The van der Waals surface area contributed by atoms with Crippen LogP contribution in [0.5, 0.6) is 0 Å². The fraction of sp³-hybridized carbons (Fsp3) is 0.857. The second kappa shape index (κ2) is 10.8. The van der Waals surface area contributed by atoms with Crippen LogP contribution in [-0.4, -0.2) is 31.1 Å². The zero-order valence-corrected chi connectivity index (χ0v) is 12.4. The van der Waals surface area contributed by atoms with Gasteiger partial charge < -0.3 is 15.8 Å². The van der Waals surface area contributed by atoms with E-state index in [4.69, 9.17) is 5.73 Å². The summed E-state index contributed by atoms with van der Waals surface area (Å²) in [6, 6.07) is -0.174. The molecule has 0 rings (SSSR count). The number of esters is 1. The van der Waals surface area contributed by atoms with Gasteiger partial charge in [0, 0.05) is 12.5 Å². The molecule has 0 fully saturated rings. The fourth-order valence-electron chi connectivity index (χ4n) is 2.03. The van der Waals surface area contributed by atoms with Gasteiger partial charge in [-0.2, -0.15) is 0 Å². The van der Waals surface area contributed by atoms with Crippen LogP contribution in [0.15, 0.2) is 0 Å². The number of carbonyl (C=O) groups is 2. The van der Waals surface area contributed by atoms with E-state index >= 15 is 0 Å². The van der Waals surface area contributed by atoms with Crippen molar-refractivity contribution >= 4 is 11.9 Å². The fourth-order valence-corrected chi connectivity index (χ4v) is 2.03. The normalized spacial score (nSPS) is 13.8. The first-order valence-electron chi connectivity index (χ1n) is 7.17. The van der Waals surface area contributed by atoms with E-state index in [0.29, 0.717) is 19.3 Å². The molecule has 0 aromatic rings. The number of ether oxygens (including phenoxy) is 1. The third-order valence-electron chi connectivity index (χ3n) is 3.27. The van der Waals surface area contributed by atoms with Gasteiger partial charge >= 0.3 is 5.97 Å². The number of rotatable bonds is 11. The van der Waals surface area contributed by atoms with E-state index in [1.165, 1.54) is 7.11 Å². The summed E-state index contributed by atoms with van der Waals surface area (Å²) in [4.78, 5) is 22.5. The summed E-state index contributed by atoms with van der Waals surface area (Å²) in [5.41, 5.74) is 5.34. The second-order valence-corrected chi connectivity index (χ2v) is 4.84. The number of carbonyl (C=O) groups excluding carboxylic acids is 2. The lowest BCUT2D eigenvalue weighted by Crippen LogP contribution is -2.46. The third-order valence-corrected chi connectivity index (χ3v) is 3.27. The predicted octanol–water partition coefficient (Wildman–Crippen LogP) is 1.74. The Balaban J connectivity index is 4.30. The minimum absolute atomic E-state index is 0.142. The molecule has 0 aliphatic rings. The molecule has 2 atom stereocenters. The summed E-state index contributed by atoms with van der Waals surface area (Å²) in [6.07, 6.45) is 6.06. The summed E-state index contributed by atoms with van der Waals surface area (Å²) in [5.74, 6) is -0.546. The lowest BCUT2D eigenvalue weighted by Gasteiger charge is -2.23. The van der Waals surface area contributed by atoms with Gasteiger partial charge in [-0.3, -0.25) is 9.59 Å². The zero-order valence-electron chi connectivity index (χ0n) is 12.4. The van der Waals surface area contributed by atoms with Gasteiger partial charge in [0.05, 0.1) is 13.2 Å². The van der Waals surface area contributed by atoms with Gasteiger partial charge in [0.2, 0.25) is 5.91 Å². The summed E-state index contributed by atoms with van der Waals surface area (Å²) >= 11 is 0. The van der Waals surface area contributed by atoms with Crippen molar-refractivity contribution in [2.45, 2.75) is 70.9 Å². The van der Waals surface area contributed by atoms with Crippen molar-refractivity contribution in [3.8, 4) is 0 Å².